The van der Waals surface area contributed by atoms with Crippen LogP contribution in [0.2, 0.25) is 0 Å². The van der Waals surface area contributed by atoms with Crippen LogP contribution in [0.5, 0.6) is 0 Å². The molecule has 0 unspecified atom stereocenters. The number of sulfonamides is 1. The average Bonchev–Trinajstić information content (AvgIpc) is 3.13. The molecule has 8 heteroatoms. The van der Waals surface area contributed by atoms with Gasteiger partial charge in [-0.25, -0.2) is 13.1 Å². The van der Waals surface area contributed by atoms with E-state index in [4.69, 9.17) is 0 Å². The van der Waals surface area contributed by atoms with E-state index >= 15 is 0 Å². The molecule has 154 valence electrons. The Balaban J connectivity index is 1.95. The van der Waals surface area contributed by atoms with E-state index in [9.17, 15) is 21.6 Å². The molecule has 0 saturated heterocycles. The van der Waals surface area contributed by atoms with E-state index in [1.807, 2.05) is 30.3 Å². The number of fused-ring (bicyclic) bond motifs is 1. The molecule has 1 heterocycles. The summed E-state index contributed by atoms with van der Waals surface area (Å²) < 4.78 is 67.4. The highest BCUT2D eigenvalue weighted by atomic mass is 32.2. The first kappa shape index (κ1) is 20.2. The van der Waals surface area contributed by atoms with Crippen molar-refractivity contribution in [1.29, 1.82) is 0 Å². The number of halogens is 3. The Morgan fingerprint density at radius 2 is 1.57 bits per heavy atom. The topological polar surface area (TPSA) is 51.1 Å². The molecular weight excluding hydrogens is 413 g/mol. The summed E-state index contributed by atoms with van der Waals surface area (Å²) in [5.41, 5.74) is 2.14. The van der Waals surface area contributed by atoms with Crippen molar-refractivity contribution in [3.05, 3.63) is 84.6 Å². The van der Waals surface area contributed by atoms with Gasteiger partial charge in [0.25, 0.3) is 0 Å². The van der Waals surface area contributed by atoms with Crippen LogP contribution in [-0.4, -0.2) is 20.0 Å². The summed E-state index contributed by atoms with van der Waals surface area (Å²) in [6, 6.07) is 19.0. The predicted octanol–water partition coefficient (Wildman–Crippen LogP) is 5.22. The number of nitrogens with one attached hydrogen (secondary N) is 1. The van der Waals surface area contributed by atoms with E-state index in [0.717, 1.165) is 23.3 Å². The fourth-order valence-electron chi connectivity index (χ4n) is 3.37. The average molecular weight is 430 g/mol. The normalized spacial score (nSPS) is 12.4. The minimum Gasteiger partial charge on any atom is -0.316 e. The Bertz CT molecular complexity index is 1310. The first-order valence-corrected chi connectivity index (χ1v) is 10.5. The second-order valence-corrected chi connectivity index (χ2v) is 8.60. The molecule has 4 rings (SSSR count). The molecule has 0 aliphatic carbocycles. The monoisotopic (exact) mass is 430 g/mol. The van der Waals surface area contributed by atoms with Gasteiger partial charge in [0.2, 0.25) is 10.0 Å². The molecular formula is C22H17F3N2O2S. The van der Waals surface area contributed by atoms with Crippen LogP contribution in [0.3, 0.4) is 0 Å². The zero-order valence-electron chi connectivity index (χ0n) is 15.8. The van der Waals surface area contributed by atoms with E-state index < -0.39 is 21.8 Å². The molecule has 1 aromatic heterocycles. The quantitative estimate of drug-likeness (QED) is 0.482. The molecule has 3 aromatic carbocycles. The second kappa shape index (κ2) is 7.30. The molecule has 0 aliphatic rings. The third kappa shape index (κ3) is 3.59. The summed E-state index contributed by atoms with van der Waals surface area (Å²) in [6.45, 7) is 0. The minimum atomic E-state index is -4.41. The lowest BCUT2D eigenvalue weighted by Crippen LogP contribution is -2.18. The van der Waals surface area contributed by atoms with Crippen LogP contribution in [0.4, 0.5) is 13.2 Å². The van der Waals surface area contributed by atoms with Gasteiger partial charge < -0.3 is 4.57 Å². The maximum Gasteiger partial charge on any atom is 0.416 e. The highest BCUT2D eigenvalue weighted by Crippen LogP contribution is 2.35. The van der Waals surface area contributed by atoms with Crippen molar-refractivity contribution in [2.45, 2.75) is 11.1 Å². The first-order valence-electron chi connectivity index (χ1n) is 9.02. The van der Waals surface area contributed by atoms with Gasteiger partial charge in [-0.2, -0.15) is 13.2 Å². The summed E-state index contributed by atoms with van der Waals surface area (Å²) in [5.74, 6) is 0. The van der Waals surface area contributed by atoms with E-state index in [1.54, 1.807) is 22.9 Å². The van der Waals surface area contributed by atoms with Gasteiger partial charge in [0.05, 0.1) is 16.0 Å². The van der Waals surface area contributed by atoms with Crippen molar-refractivity contribution in [2.24, 2.45) is 0 Å². The van der Waals surface area contributed by atoms with Gasteiger partial charge in [0.15, 0.2) is 0 Å². The largest absolute Gasteiger partial charge is 0.416 e. The maximum absolute atomic E-state index is 12.9. The number of hydrogen-bond acceptors (Lipinski definition) is 2. The summed E-state index contributed by atoms with van der Waals surface area (Å²) in [5, 5.41) is 0.678. The Hall–Kier alpha value is -3.10. The zero-order chi connectivity index (χ0) is 21.5. The fraction of sp³-hybridized carbons (Fsp3) is 0.0909. The van der Waals surface area contributed by atoms with Gasteiger partial charge in [-0.1, -0.05) is 30.3 Å². The summed E-state index contributed by atoms with van der Waals surface area (Å²) in [4.78, 5) is 0.111. The summed E-state index contributed by atoms with van der Waals surface area (Å²) >= 11 is 0. The van der Waals surface area contributed by atoms with Crippen LogP contribution >= 0.6 is 0 Å². The van der Waals surface area contributed by atoms with Crippen LogP contribution in [-0.2, 0) is 16.2 Å². The molecule has 1 N–H and O–H groups in total. The SMILES string of the molecule is CNS(=O)(=O)c1ccc2c(c1)c(-c1ccccc1)cn2-c1ccc(C(F)(F)F)cc1. The standard InChI is InChI=1S/C22H17F3N2O2S/c1-26-30(28,29)18-11-12-21-19(13-18)20(15-5-3-2-4-6-15)14-27(21)17-9-7-16(8-10-17)22(23,24)25/h2-14,26H,1H3. The van der Waals surface area contributed by atoms with Crippen molar-refractivity contribution in [1.82, 2.24) is 9.29 Å². The molecule has 0 fully saturated rings. The van der Waals surface area contributed by atoms with Crippen LogP contribution in [0.25, 0.3) is 27.7 Å². The Morgan fingerprint density at radius 1 is 0.900 bits per heavy atom. The molecule has 0 atom stereocenters. The van der Waals surface area contributed by atoms with Gasteiger partial charge in [-0.3, -0.25) is 0 Å². The van der Waals surface area contributed by atoms with E-state index in [2.05, 4.69) is 4.72 Å². The molecule has 0 spiro atoms. The van der Waals surface area contributed by atoms with Crippen LogP contribution < -0.4 is 4.72 Å². The molecule has 0 amide bonds. The van der Waals surface area contributed by atoms with Crippen molar-refractivity contribution in [3.8, 4) is 16.8 Å². The van der Waals surface area contributed by atoms with Gasteiger partial charge in [0.1, 0.15) is 0 Å². The molecule has 4 nitrogen and oxygen atoms in total. The van der Waals surface area contributed by atoms with Crippen LogP contribution in [0, 0.1) is 0 Å². The van der Waals surface area contributed by atoms with Gasteiger partial charge in [-0.05, 0) is 55.1 Å². The molecule has 0 radical (unpaired) electrons. The summed E-state index contributed by atoms with van der Waals surface area (Å²) in [7, 11) is -2.31. The van der Waals surface area contributed by atoms with Crippen molar-refractivity contribution >= 4 is 20.9 Å². The Kier molecular flexibility index (Phi) is 4.91. The first-order chi connectivity index (χ1) is 14.2. The van der Waals surface area contributed by atoms with Gasteiger partial charge in [0, 0.05) is 22.8 Å². The third-order valence-electron chi connectivity index (χ3n) is 4.91. The van der Waals surface area contributed by atoms with E-state index in [-0.39, 0.29) is 4.90 Å². The number of alkyl halides is 3. The molecule has 0 bridgehead atoms. The second-order valence-electron chi connectivity index (χ2n) is 6.71. The maximum atomic E-state index is 12.9. The lowest BCUT2D eigenvalue weighted by molar-refractivity contribution is -0.137. The molecule has 0 aliphatic heterocycles. The smallest absolute Gasteiger partial charge is 0.316 e. The lowest BCUT2D eigenvalue weighted by Gasteiger charge is -2.09. The van der Waals surface area contributed by atoms with Crippen molar-refractivity contribution in [3.63, 3.8) is 0 Å². The van der Waals surface area contributed by atoms with Crippen molar-refractivity contribution in [2.75, 3.05) is 7.05 Å². The number of rotatable bonds is 4. The minimum absolute atomic E-state index is 0.111. The number of aromatic nitrogens is 1. The van der Waals surface area contributed by atoms with Crippen molar-refractivity contribution < 1.29 is 21.6 Å². The fourth-order valence-corrected chi connectivity index (χ4v) is 4.12. The highest BCUT2D eigenvalue weighted by molar-refractivity contribution is 7.89. The Morgan fingerprint density at radius 3 is 2.17 bits per heavy atom. The van der Waals surface area contributed by atoms with Crippen LogP contribution in [0.1, 0.15) is 5.56 Å². The van der Waals surface area contributed by atoms with Crippen LogP contribution in [0.15, 0.2) is 83.9 Å². The number of hydrogen-bond donors (Lipinski definition) is 1. The number of nitrogens with zero attached hydrogens (tertiary/aromatic N) is 1. The summed E-state index contributed by atoms with van der Waals surface area (Å²) in [6.07, 6.45) is -2.61. The third-order valence-corrected chi connectivity index (χ3v) is 6.32. The van der Waals surface area contributed by atoms with E-state index in [1.165, 1.54) is 25.2 Å². The molecule has 30 heavy (non-hydrogen) atoms. The number of benzene rings is 3. The lowest BCUT2D eigenvalue weighted by atomic mass is 10.1. The zero-order valence-corrected chi connectivity index (χ0v) is 16.6. The Labute approximate surface area is 171 Å². The molecule has 4 aromatic rings. The highest BCUT2D eigenvalue weighted by Gasteiger charge is 2.30. The van der Waals surface area contributed by atoms with E-state index in [0.29, 0.717) is 16.6 Å². The van der Waals surface area contributed by atoms with Gasteiger partial charge >= 0.3 is 6.18 Å². The van der Waals surface area contributed by atoms with Gasteiger partial charge in [-0.15, -0.1) is 0 Å². The predicted molar refractivity (Wildman–Crippen MR) is 110 cm³/mol. The molecule has 0 saturated carbocycles.